The molecular formula is C26H22F2N2O6. The molecule has 0 amide bonds. The fourth-order valence-corrected chi connectivity index (χ4v) is 3.50. The van der Waals surface area contributed by atoms with Gasteiger partial charge in [-0.3, -0.25) is 15.1 Å². The summed E-state index contributed by atoms with van der Waals surface area (Å²) in [6.07, 6.45) is 1.05. The molecule has 0 bridgehead atoms. The predicted octanol–water partition coefficient (Wildman–Crippen LogP) is 6.21. The van der Waals surface area contributed by atoms with Crippen LogP contribution in [0.4, 0.5) is 14.5 Å². The molecule has 8 nitrogen and oxygen atoms in total. The molecule has 0 aliphatic rings. The summed E-state index contributed by atoms with van der Waals surface area (Å²) in [5.41, 5.74) is 0.736. The summed E-state index contributed by atoms with van der Waals surface area (Å²) in [5.74, 6) is -2.36. The average molecular weight is 496 g/mol. The quantitative estimate of drug-likeness (QED) is 0.190. The maximum absolute atomic E-state index is 14.4. The molecule has 186 valence electrons. The van der Waals surface area contributed by atoms with Crippen LogP contribution in [0.5, 0.6) is 23.0 Å². The van der Waals surface area contributed by atoms with Crippen LogP contribution in [0.15, 0.2) is 66.9 Å². The Balaban J connectivity index is 1.57. The van der Waals surface area contributed by atoms with Gasteiger partial charge in [0, 0.05) is 17.6 Å². The van der Waals surface area contributed by atoms with Crippen molar-refractivity contribution in [1.29, 1.82) is 0 Å². The Morgan fingerprint density at radius 1 is 1.00 bits per heavy atom. The van der Waals surface area contributed by atoms with Gasteiger partial charge in [-0.15, -0.1) is 0 Å². The number of methoxy groups -OCH3 is 1. The molecule has 0 aliphatic heterocycles. The number of nitro benzene ring substituents is 1. The van der Waals surface area contributed by atoms with Crippen LogP contribution in [0.3, 0.4) is 0 Å². The van der Waals surface area contributed by atoms with Crippen LogP contribution >= 0.6 is 0 Å². The summed E-state index contributed by atoms with van der Waals surface area (Å²) in [6.45, 7) is 2.56. The SMILES string of the molecule is COc1cc2nccc(Oc3c(F)cc([N+](=O)[O-])cc3F)c2cc1O[C@@H](C)COCc1ccccc1. The van der Waals surface area contributed by atoms with Crippen molar-refractivity contribution in [3.63, 3.8) is 0 Å². The standard InChI is InChI=1S/C26H22F2N2O6/c1-16(14-34-15-17-6-4-3-5-7-17)35-25-12-19-22(13-24(25)33-2)29-9-8-23(19)36-26-20(27)10-18(30(31)32)11-21(26)28/h3-13,16H,14-15H2,1-2H3/t16-/m0/s1. The fourth-order valence-electron chi connectivity index (χ4n) is 3.50. The number of hydrogen-bond donors (Lipinski definition) is 0. The number of benzene rings is 3. The van der Waals surface area contributed by atoms with Gasteiger partial charge in [0.15, 0.2) is 28.9 Å². The van der Waals surface area contributed by atoms with Gasteiger partial charge in [-0.1, -0.05) is 30.3 Å². The molecule has 36 heavy (non-hydrogen) atoms. The highest BCUT2D eigenvalue weighted by molar-refractivity contribution is 5.88. The van der Waals surface area contributed by atoms with Crippen LogP contribution in [-0.2, 0) is 11.3 Å². The Bertz CT molecular complexity index is 1360. The molecule has 1 aromatic heterocycles. The number of halogens is 2. The summed E-state index contributed by atoms with van der Waals surface area (Å²) in [5, 5.41) is 11.3. The monoisotopic (exact) mass is 496 g/mol. The Labute approximate surface area is 205 Å². The molecule has 4 aromatic rings. The van der Waals surface area contributed by atoms with Crippen LogP contribution in [0.1, 0.15) is 12.5 Å². The molecule has 1 heterocycles. The molecule has 1 atom stereocenters. The first-order chi connectivity index (χ1) is 17.4. The number of ether oxygens (including phenoxy) is 4. The third-order valence-corrected chi connectivity index (χ3v) is 5.19. The van der Waals surface area contributed by atoms with E-state index in [4.69, 9.17) is 18.9 Å². The van der Waals surface area contributed by atoms with Crippen molar-refractivity contribution in [3.05, 3.63) is 94.2 Å². The largest absolute Gasteiger partial charge is 0.493 e. The van der Waals surface area contributed by atoms with Crippen LogP contribution in [0.2, 0.25) is 0 Å². The summed E-state index contributed by atoms with van der Waals surface area (Å²) in [6, 6.07) is 15.5. The van der Waals surface area contributed by atoms with E-state index in [0.29, 0.717) is 47.7 Å². The van der Waals surface area contributed by atoms with Gasteiger partial charge in [0.25, 0.3) is 5.69 Å². The highest BCUT2D eigenvalue weighted by atomic mass is 19.1. The zero-order valence-corrected chi connectivity index (χ0v) is 19.4. The number of pyridine rings is 1. The van der Waals surface area contributed by atoms with Crippen molar-refractivity contribution in [1.82, 2.24) is 4.98 Å². The number of non-ortho nitro benzene ring substituents is 1. The molecule has 0 unspecified atom stereocenters. The van der Waals surface area contributed by atoms with E-state index < -0.39 is 28.0 Å². The van der Waals surface area contributed by atoms with E-state index in [0.717, 1.165) is 5.56 Å². The Morgan fingerprint density at radius 2 is 1.72 bits per heavy atom. The zero-order valence-electron chi connectivity index (χ0n) is 19.4. The molecule has 3 aromatic carbocycles. The molecule has 4 rings (SSSR count). The zero-order chi connectivity index (χ0) is 25.7. The summed E-state index contributed by atoms with van der Waals surface area (Å²) < 4.78 is 51.5. The maximum atomic E-state index is 14.4. The van der Waals surface area contributed by atoms with Crippen molar-refractivity contribution < 1.29 is 32.7 Å². The predicted molar refractivity (Wildman–Crippen MR) is 128 cm³/mol. The molecule has 0 saturated heterocycles. The lowest BCUT2D eigenvalue weighted by Gasteiger charge is -2.18. The molecule has 0 N–H and O–H groups in total. The molecule has 0 saturated carbocycles. The lowest BCUT2D eigenvalue weighted by molar-refractivity contribution is -0.385. The van der Waals surface area contributed by atoms with Crippen LogP contribution in [0.25, 0.3) is 10.9 Å². The van der Waals surface area contributed by atoms with E-state index in [-0.39, 0.29) is 11.9 Å². The highest BCUT2D eigenvalue weighted by Gasteiger charge is 2.21. The van der Waals surface area contributed by atoms with Gasteiger partial charge < -0.3 is 18.9 Å². The second-order valence-electron chi connectivity index (χ2n) is 7.86. The molecule has 0 spiro atoms. The van der Waals surface area contributed by atoms with Gasteiger partial charge >= 0.3 is 0 Å². The third kappa shape index (κ3) is 5.66. The minimum atomic E-state index is -1.21. The normalized spacial score (nSPS) is 11.8. The second kappa shape index (κ2) is 11.0. The van der Waals surface area contributed by atoms with E-state index in [1.54, 1.807) is 12.1 Å². The van der Waals surface area contributed by atoms with Crippen molar-refractivity contribution in [2.24, 2.45) is 0 Å². The number of aromatic nitrogens is 1. The fraction of sp³-hybridized carbons (Fsp3) is 0.192. The molecule has 10 heteroatoms. The molecule has 0 aliphatic carbocycles. The summed E-state index contributed by atoms with van der Waals surface area (Å²) in [7, 11) is 1.48. The van der Waals surface area contributed by atoms with Gasteiger partial charge in [0.1, 0.15) is 11.9 Å². The van der Waals surface area contributed by atoms with Crippen molar-refractivity contribution >= 4 is 16.6 Å². The number of fused-ring (bicyclic) bond motifs is 1. The molecular weight excluding hydrogens is 474 g/mol. The van der Waals surface area contributed by atoms with E-state index in [9.17, 15) is 18.9 Å². The Morgan fingerprint density at radius 3 is 2.39 bits per heavy atom. The lowest BCUT2D eigenvalue weighted by atomic mass is 10.1. The van der Waals surface area contributed by atoms with Crippen LogP contribution in [-0.4, -0.2) is 29.7 Å². The minimum Gasteiger partial charge on any atom is -0.493 e. The van der Waals surface area contributed by atoms with Crippen molar-refractivity contribution in [2.45, 2.75) is 19.6 Å². The van der Waals surface area contributed by atoms with E-state index in [1.807, 2.05) is 37.3 Å². The van der Waals surface area contributed by atoms with Gasteiger partial charge in [-0.25, -0.2) is 8.78 Å². The summed E-state index contributed by atoms with van der Waals surface area (Å²) >= 11 is 0. The number of nitrogens with zero attached hydrogens (tertiary/aromatic N) is 2. The van der Waals surface area contributed by atoms with Crippen molar-refractivity contribution in [2.75, 3.05) is 13.7 Å². The topological polar surface area (TPSA) is 93.0 Å². The van der Waals surface area contributed by atoms with Crippen molar-refractivity contribution in [3.8, 4) is 23.0 Å². The lowest BCUT2D eigenvalue weighted by Crippen LogP contribution is -2.19. The third-order valence-electron chi connectivity index (χ3n) is 5.19. The first kappa shape index (κ1) is 24.8. The van der Waals surface area contributed by atoms with E-state index >= 15 is 0 Å². The summed E-state index contributed by atoms with van der Waals surface area (Å²) in [4.78, 5) is 14.2. The van der Waals surface area contributed by atoms with Gasteiger partial charge in [0.05, 0.1) is 42.9 Å². The Kier molecular flexibility index (Phi) is 7.55. The molecule has 0 fully saturated rings. The minimum absolute atomic E-state index is 0.0761. The molecule has 0 radical (unpaired) electrons. The first-order valence-corrected chi connectivity index (χ1v) is 10.9. The Hall–Kier alpha value is -4.31. The van der Waals surface area contributed by atoms with Crippen LogP contribution < -0.4 is 14.2 Å². The number of hydrogen-bond acceptors (Lipinski definition) is 7. The average Bonchev–Trinajstić information content (AvgIpc) is 2.86. The second-order valence-corrected chi connectivity index (χ2v) is 7.86. The van der Waals surface area contributed by atoms with Gasteiger partial charge in [0.2, 0.25) is 0 Å². The van der Waals surface area contributed by atoms with Gasteiger partial charge in [-0.05, 0) is 24.6 Å². The van der Waals surface area contributed by atoms with Crippen LogP contribution in [0, 0.1) is 21.7 Å². The smallest absolute Gasteiger partial charge is 0.275 e. The highest BCUT2D eigenvalue weighted by Crippen LogP contribution is 2.39. The maximum Gasteiger partial charge on any atom is 0.275 e. The first-order valence-electron chi connectivity index (χ1n) is 10.9. The number of nitro groups is 1. The van der Waals surface area contributed by atoms with E-state index in [1.165, 1.54) is 19.4 Å². The van der Waals surface area contributed by atoms with Gasteiger partial charge in [-0.2, -0.15) is 0 Å². The van der Waals surface area contributed by atoms with E-state index in [2.05, 4.69) is 4.98 Å². The number of rotatable bonds is 10.